The van der Waals surface area contributed by atoms with Crippen molar-refractivity contribution in [2.45, 2.75) is 57.6 Å². The third kappa shape index (κ3) is 5.48. The lowest BCUT2D eigenvalue weighted by molar-refractivity contribution is -0.192. The number of fused-ring (bicyclic) bond motifs is 9. The molecule has 0 spiro atoms. The molecule has 0 amide bonds. The van der Waals surface area contributed by atoms with Crippen LogP contribution < -0.4 is 10.1 Å². The Kier molecular flexibility index (Phi) is 6.82. The molecule has 3 aromatic rings. The van der Waals surface area contributed by atoms with Crippen molar-refractivity contribution in [1.82, 2.24) is 14.9 Å². The van der Waals surface area contributed by atoms with Gasteiger partial charge in [0.05, 0.1) is 28.7 Å². The number of halogens is 6. The van der Waals surface area contributed by atoms with Gasteiger partial charge in [-0.05, 0) is 51.5 Å². The smallest absolute Gasteiger partial charge is 0.475 e. The van der Waals surface area contributed by atoms with Gasteiger partial charge in [0.25, 0.3) is 0 Å². The van der Waals surface area contributed by atoms with Crippen LogP contribution in [0.1, 0.15) is 56.2 Å². The Morgan fingerprint density at radius 2 is 1.92 bits per heavy atom. The number of alkyl halides is 5. The minimum Gasteiger partial charge on any atom is -0.475 e. The minimum absolute atomic E-state index is 0.103. The second-order valence-electron chi connectivity index (χ2n) is 9.45. The Labute approximate surface area is 212 Å². The van der Waals surface area contributed by atoms with Gasteiger partial charge in [-0.15, -0.1) is 0 Å². The van der Waals surface area contributed by atoms with E-state index in [4.69, 9.17) is 36.2 Å². The van der Waals surface area contributed by atoms with Crippen LogP contribution in [0.4, 0.5) is 22.0 Å². The summed E-state index contributed by atoms with van der Waals surface area (Å²) < 4.78 is 65.2. The number of aromatic nitrogens is 2. The van der Waals surface area contributed by atoms with Crippen LogP contribution >= 0.6 is 11.6 Å². The van der Waals surface area contributed by atoms with E-state index in [-0.39, 0.29) is 23.4 Å². The number of imidazole rings is 1. The maximum absolute atomic E-state index is 13.2. The molecule has 2 aromatic carbocycles. The van der Waals surface area contributed by atoms with Crippen LogP contribution in [0.2, 0.25) is 5.02 Å². The molecule has 2 bridgehead atoms. The van der Waals surface area contributed by atoms with Gasteiger partial charge in [0, 0.05) is 16.1 Å². The Hall–Kier alpha value is -3.41. The van der Waals surface area contributed by atoms with E-state index in [0.717, 1.165) is 22.4 Å². The van der Waals surface area contributed by atoms with E-state index in [9.17, 15) is 22.0 Å². The molecule has 2 N–H and O–H groups in total. The molecule has 2 aliphatic heterocycles. The number of ether oxygens (including phenoxy) is 1. The highest BCUT2D eigenvalue weighted by Gasteiger charge is 2.42. The lowest BCUT2D eigenvalue weighted by Gasteiger charge is -2.24. The summed E-state index contributed by atoms with van der Waals surface area (Å²) in [5.74, 6) is -1.08. The van der Waals surface area contributed by atoms with Crippen molar-refractivity contribution < 1.29 is 36.6 Å². The second kappa shape index (κ2) is 9.47. The molecule has 198 valence electrons. The predicted molar refractivity (Wildman–Crippen MR) is 126 cm³/mol. The third-order valence-corrected chi connectivity index (χ3v) is 5.87. The number of carboxylic acids is 1. The van der Waals surface area contributed by atoms with Gasteiger partial charge in [-0.1, -0.05) is 23.7 Å². The molecule has 0 radical (unpaired) electrons. The Balaban J connectivity index is 0.000000405. The van der Waals surface area contributed by atoms with Crippen LogP contribution in [0.25, 0.3) is 11.0 Å². The molecule has 3 heterocycles. The standard InChI is InChI=1S/C22H21ClF2N4O.C2HF3O2/c1-22(2,3)28-19-12-5-4-6-17(30-21(24)25)18(12)16-10-14(26-19)20-27-13-8-7-11(23)9-15(13)29(16)20;3-2(4,5)1(6)7/h4-9,14,16,21H,10H2,1-3H3,(H,26,28);(H,6,7)/t14-,16-;/m1./s1. The summed E-state index contributed by atoms with van der Waals surface area (Å²) in [5.41, 5.74) is 2.80. The largest absolute Gasteiger partial charge is 0.490 e. The highest BCUT2D eigenvalue weighted by molar-refractivity contribution is 6.31. The molecule has 0 unspecified atom stereocenters. The van der Waals surface area contributed by atoms with Gasteiger partial charge in [-0.25, -0.2) is 9.78 Å². The number of hydrogen-bond acceptors (Lipinski definition) is 4. The fourth-order valence-electron chi connectivity index (χ4n) is 4.43. The van der Waals surface area contributed by atoms with E-state index in [2.05, 4.69) is 9.88 Å². The first-order chi connectivity index (χ1) is 17.2. The summed E-state index contributed by atoms with van der Waals surface area (Å²) in [6, 6.07) is 10.4. The number of carbonyl (C=O) groups is 1. The molecule has 37 heavy (non-hydrogen) atoms. The maximum Gasteiger partial charge on any atom is 0.490 e. The number of aliphatic imine (C=N–C) groups is 1. The summed E-state index contributed by atoms with van der Waals surface area (Å²) in [7, 11) is 0. The van der Waals surface area contributed by atoms with Crippen molar-refractivity contribution in [3.8, 4) is 5.75 Å². The molecule has 7 nitrogen and oxygen atoms in total. The summed E-state index contributed by atoms with van der Waals surface area (Å²) in [4.78, 5) is 18.6. The molecule has 13 heteroatoms. The Morgan fingerprint density at radius 3 is 2.51 bits per heavy atom. The van der Waals surface area contributed by atoms with Crippen molar-refractivity contribution in [2.24, 2.45) is 4.99 Å². The van der Waals surface area contributed by atoms with E-state index in [1.807, 2.05) is 39.0 Å². The van der Waals surface area contributed by atoms with Crippen molar-refractivity contribution in [3.05, 3.63) is 58.4 Å². The molecule has 0 saturated heterocycles. The fraction of sp³-hybridized carbons (Fsp3) is 0.375. The zero-order chi connectivity index (χ0) is 27.3. The molecule has 0 aliphatic carbocycles. The van der Waals surface area contributed by atoms with Crippen LogP contribution in [-0.4, -0.2) is 44.8 Å². The molecule has 2 atom stereocenters. The van der Waals surface area contributed by atoms with Gasteiger partial charge in [0.15, 0.2) is 0 Å². The lowest BCUT2D eigenvalue weighted by atomic mass is 9.97. The summed E-state index contributed by atoms with van der Waals surface area (Å²) in [6.07, 6.45) is -4.43. The van der Waals surface area contributed by atoms with Crippen LogP contribution in [-0.2, 0) is 4.79 Å². The number of rotatable bonds is 2. The van der Waals surface area contributed by atoms with Crippen LogP contribution in [0.5, 0.6) is 5.75 Å². The molecule has 2 aliphatic rings. The first-order valence-corrected chi connectivity index (χ1v) is 11.5. The van der Waals surface area contributed by atoms with Gasteiger partial charge in [0.2, 0.25) is 0 Å². The molecule has 1 aromatic heterocycles. The number of benzene rings is 2. The summed E-state index contributed by atoms with van der Waals surface area (Å²) >= 11 is 6.25. The Morgan fingerprint density at radius 1 is 1.24 bits per heavy atom. The van der Waals surface area contributed by atoms with Gasteiger partial charge in [-0.3, -0.25) is 4.99 Å². The van der Waals surface area contributed by atoms with E-state index < -0.39 is 18.8 Å². The summed E-state index contributed by atoms with van der Waals surface area (Å²) in [6.45, 7) is 3.09. The average molecular weight is 545 g/mol. The highest BCUT2D eigenvalue weighted by Crippen LogP contribution is 2.47. The van der Waals surface area contributed by atoms with Gasteiger partial charge in [-0.2, -0.15) is 22.0 Å². The monoisotopic (exact) mass is 544 g/mol. The second-order valence-corrected chi connectivity index (χ2v) is 9.89. The van der Waals surface area contributed by atoms with Crippen molar-refractivity contribution in [1.29, 1.82) is 0 Å². The van der Waals surface area contributed by atoms with Crippen molar-refractivity contribution in [3.63, 3.8) is 0 Å². The minimum atomic E-state index is -5.08. The van der Waals surface area contributed by atoms with E-state index in [1.54, 1.807) is 18.2 Å². The third-order valence-electron chi connectivity index (χ3n) is 5.63. The molecular weight excluding hydrogens is 523 g/mol. The number of amidine groups is 1. The SMILES string of the molecule is CC(C)(C)/N=C1\N[C@@H]2C[C@H](c3c(OC(F)F)cccc31)n1c2nc2ccc(Cl)cc21.O=C(O)C(F)(F)F. The van der Waals surface area contributed by atoms with Crippen LogP contribution in [0.15, 0.2) is 41.4 Å². The zero-order valence-electron chi connectivity index (χ0n) is 19.8. The van der Waals surface area contributed by atoms with Crippen LogP contribution in [0, 0.1) is 0 Å². The number of nitrogens with zero attached hydrogens (tertiary/aromatic N) is 3. The number of aliphatic carboxylic acids is 1. The van der Waals surface area contributed by atoms with Crippen molar-refractivity contribution in [2.75, 3.05) is 0 Å². The average Bonchev–Trinajstić information content (AvgIpc) is 3.23. The molecule has 0 fully saturated rings. The normalized spacial score (nSPS) is 19.6. The quantitative estimate of drug-likeness (QED) is 0.380. The van der Waals surface area contributed by atoms with Crippen LogP contribution in [0.3, 0.4) is 0 Å². The number of carboxylic acid groups (broad SMARTS) is 1. The molecule has 0 saturated carbocycles. The first kappa shape index (κ1) is 26.6. The van der Waals surface area contributed by atoms with Gasteiger partial charge >= 0.3 is 18.8 Å². The van der Waals surface area contributed by atoms with E-state index in [0.29, 0.717) is 22.8 Å². The van der Waals surface area contributed by atoms with Gasteiger partial charge in [0.1, 0.15) is 17.4 Å². The van der Waals surface area contributed by atoms with Gasteiger partial charge < -0.3 is 19.7 Å². The number of hydrogen-bond donors (Lipinski definition) is 2. The maximum atomic E-state index is 13.2. The van der Waals surface area contributed by atoms with E-state index >= 15 is 0 Å². The topological polar surface area (TPSA) is 88.7 Å². The Bertz CT molecular complexity index is 1380. The lowest BCUT2D eigenvalue weighted by Crippen LogP contribution is -2.31. The predicted octanol–water partition coefficient (Wildman–Crippen LogP) is 6.11. The molecule has 5 rings (SSSR count). The fourth-order valence-corrected chi connectivity index (χ4v) is 4.59. The molecular formula is C24H22ClF5N4O3. The zero-order valence-corrected chi connectivity index (χ0v) is 20.5. The van der Waals surface area contributed by atoms with E-state index in [1.165, 1.54) is 0 Å². The highest BCUT2D eigenvalue weighted by atomic mass is 35.5. The van der Waals surface area contributed by atoms with Crippen molar-refractivity contribution >= 4 is 34.4 Å². The number of nitrogens with one attached hydrogen (secondary N) is 1. The first-order valence-electron chi connectivity index (χ1n) is 11.1. The summed E-state index contributed by atoms with van der Waals surface area (Å²) in [5, 5.41) is 11.2.